The van der Waals surface area contributed by atoms with Gasteiger partial charge in [-0.1, -0.05) is 31.8 Å². The molecule has 0 rings (SSSR count). The Bertz CT molecular complexity index is 257. The first-order chi connectivity index (χ1) is 6.85. The normalized spacial score (nSPS) is 12.9. The Hall–Kier alpha value is -0.233. The lowest BCUT2D eigenvalue weighted by Crippen LogP contribution is -2.16. The molecule has 1 atom stereocenters. The van der Waals surface area contributed by atoms with Crippen LogP contribution in [0.2, 0.25) is 19.6 Å². The van der Waals surface area contributed by atoms with E-state index >= 15 is 0 Å². The first-order valence-corrected chi connectivity index (χ1v) is 9.29. The van der Waals surface area contributed by atoms with E-state index in [1.165, 1.54) is 0 Å². The maximum Gasteiger partial charge on any atom is 0.129 e. The third kappa shape index (κ3) is 10.1. The zero-order valence-electron chi connectivity index (χ0n) is 9.94. The van der Waals surface area contributed by atoms with Gasteiger partial charge < -0.3 is 5.11 Å². The third-order valence-electron chi connectivity index (χ3n) is 1.78. The summed E-state index contributed by atoms with van der Waals surface area (Å²) in [5.74, 6) is 3.56. The Morgan fingerprint density at radius 2 is 2.07 bits per heavy atom. The van der Waals surface area contributed by atoms with Crippen LogP contribution in [0.25, 0.3) is 0 Å². The summed E-state index contributed by atoms with van der Waals surface area (Å²) in [6, 6.07) is 0. The Morgan fingerprint density at radius 3 is 2.53 bits per heavy atom. The molecule has 0 fully saturated rings. The fourth-order valence-corrected chi connectivity index (χ4v) is 1.82. The number of rotatable bonds is 5. The maximum atomic E-state index is 9.60. The monoisotopic (exact) mass is 244 g/mol. The van der Waals surface area contributed by atoms with E-state index in [9.17, 15) is 5.11 Å². The van der Waals surface area contributed by atoms with Gasteiger partial charge in [0.25, 0.3) is 0 Å². The van der Waals surface area contributed by atoms with Crippen LogP contribution < -0.4 is 0 Å². The van der Waals surface area contributed by atoms with Crippen molar-refractivity contribution < 1.29 is 5.11 Å². The maximum absolute atomic E-state index is 9.60. The van der Waals surface area contributed by atoms with Crippen LogP contribution in [0, 0.1) is 11.5 Å². The predicted molar refractivity (Wildman–Crippen MR) is 70.8 cm³/mol. The van der Waals surface area contributed by atoms with Gasteiger partial charge in [0.05, 0.1) is 6.10 Å². The Kier molecular flexibility index (Phi) is 7.00. The quantitative estimate of drug-likeness (QED) is 0.341. The van der Waals surface area contributed by atoms with Gasteiger partial charge in [0.1, 0.15) is 8.07 Å². The second kappa shape index (κ2) is 7.11. The van der Waals surface area contributed by atoms with Crippen molar-refractivity contribution in [3.63, 3.8) is 0 Å². The summed E-state index contributed by atoms with van der Waals surface area (Å²) in [4.78, 5) is 0. The first kappa shape index (κ1) is 14.8. The minimum absolute atomic E-state index is 0.341. The number of alkyl halides is 1. The van der Waals surface area contributed by atoms with Crippen molar-refractivity contribution >= 4 is 19.7 Å². The van der Waals surface area contributed by atoms with Crippen LogP contribution in [0.3, 0.4) is 0 Å². The smallest absolute Gasteiger partial charge is 0.129 e. The average Bonchev–Trinajstić information content (AvgIpc) is 2.11. The number of aliphatic hydroxyl groups excluding tert-OH is 1. The van der Waals surface area contributed by atoms with Crippen molar-refractivity contribution in [2.75, 3.05) is 5.88 Å². The van der Waals surface area contributed by atoms with E-state index in [4.69, 9.17) is 11.6 Å². The molecule has 0 saturated heterocycles. The van der Waals surface area contributed by atoms with Gasteiger partial charge in [-0.3, -0.25) is 0 Å². The zero-order chi connectivity index (χ0) is 11.9. The van der Waals surface area contributed by atoms with Gasteiger partial charge in [0.15, 0.2) is 0 Å². The highest BCUT2D eigenvalue weighted by atomic mass is 35.5. The second-order valence-corrected chi connectivity index (χ2v) is 9.85. The van der Waals surface area contributed by atoms with Gasteiger partial charge in [-0.2, -0.15) is 0 Å². The molecule has 1 nitrogen and oxygen atoms in total. The van der Waals surface area contributed by atoms with Crippen molar-refractivity contribution in [1.82, 2.24) is 0 Å². The van der Waals surface area contributed by atoms with Crippen molar-refractivity contribution in [1.29, 1.82) is 0 Å². The fourth-order valence-electron chi connectivity index (χ4n) is 1.06. The molecular formula is C12H21ClOSi. The number of halogens is 1. The van der Waals surface area contributed by atoms with Crippen molar-refractivity contribution in [2.24, 2.45) is 0 Å². The topological polar surface area (TPSA) is 20.2 Å². The number of aliphatic hydroxyl groups is 1. The lowest BCUT2D eigenvalue weighted by Gasteiger charge is -2.09. The summed E-state index contributed by atoms with van der Waals surface area (Å²) in [7, 11) is -1.25. The molecule has 0 aliphatic heterocycles. The molecule has 86 valence electrons. The Labute approximate surface area is 99.5 Å². The SMILES string of the molecule is C=C(CCl)C[C@H](O)CCC#C[Si](C)(C)C. The van der Waals surface area contributed by atoms with Gasteiger partial charge in [-0.25, -0.2) is 0 Å². The van der Waals surface area contributed by atoms with Crippen LogP contribution in [0.5, 0.6) is 0 Å². The highest BCUT2D eigenvalue weighted by molar-refractivity contribution is 6.83. The molecule has 0 aromatic carbocycles. The van der Waals surface area contributed by atoms with Crippen molar-refractivity contribution in [3.8, 4) is 11.5 Å². The van der Waals surface area contributed by atoms with Gasteiger partial charge in [0.2, 0.25) is 0 Å². The molecule has 0 aromatic rings. The lowest BCUT2D eigenvalue weighted by molar-refractivity contribution is 0.167. The summed E-state index contributed by atoms with van der Waals surface area (Å²) < 4.78 is 0. The van der Waals surface area contributed by atoms with Gasteiger partial charge in [-0.05, 0) is 12.8 Å². The summed E-state index contributed by atoms with van der Waals surface area (Å²) in [6.45, 7) is 10.4. The highest BCUT2D eigenvalue weighted by Gasteiger charge is 2.08. The highest BCUT2D eigenvalue weighted by Crippen LogP contribution is 2.09. The van der Waals surface area contributed by atoms with E-state index < -0.39 is 8.07 Å². The van der Waals surface area contributed by atoms with E-state index in [-0.39, 0.29) is 6.10 Å². The molecule has 15 heavy (non-hydrogen) atoms. The molecular weight excluding hydrogens is 224 g/mol. The van der Waals surface area contributed by atoms with E-state index in [2.05, 4.69) is 37.7 Å². The van der Waals surface area contributed by atoms with Crippen LogP contribution in [0.15, 0.2) is 12.2 Å². The van der Waals surface area contributed by atoms with Gasteiger partial charge in [-0.15, -0.1) is 23.1 Å². The molecule has 0 heterocycles. The van der Waals surface area contributed by atoms with Crippen molar-refractivity contribution in [3.05, 3.63) is 12.2 Å². The second-order valence-electron chi connectivity index (χ2n) is 4.83. The Balaban J connectivity index is 3.76. The van der Waals surface area contributed by atoms with Crippen LogP contribution >= 0.6 is 11.6 Å². The largest absolute Gasteiger partial charge is 0.393 e. The van der Waals surface area contributed by atoms with Crippen molar-refractivity contribution in [2.45, 2.75) is 45.0 Å². The van der Waals surface area contributed by atoms with E-state index in [0.29, 0.717) is 18.7 Å². The predicted octanol–water partition coefficient (Wildman–Crippen LogP) is 3.19. The molecule has 0 aliphatic carbocycles. The molecule has 0 aliphatic rings. The molecule has 3 heteroatoms. The van der Waals surface area contributed by atoms with Crippen LogP contribution in [-0.2, 0) is 0 Å². The molecule has 0 amide bonds. The molecule has 0 aromatic heterocycles. The minimum atomic E-state index is -1.25. The summed E-state index contributed by atoms with van der Waals surface area (Å²) in [5.41, 5.74) is 4.16. The van der Waals surface area contributed by atoms with E-state index in [0.717, 1.165) is 12.0 Å². The van der Waals surface area contributed by atoms with Crippen LogP contribution in [0.1, 0.15) is 19.3 Å². The molecule has 0 radical (unpaired) electrons. The molecule has 1 N–H and O–H groups in total. The number of hydrogen-bond donors (Lipinski definition) is 1. The average molecular weight is 245 g/mol. The minimum Gasteiger partial charge on any atom is -0.393 e. The molecule has 0 unspecified atom stereocenters. The third-order valence-corrected chi connectivity index (χ3v) is 3.08. The summed E-state index contributed by atoms with van der Waals surface area (Å²) in [5, 5.41) is 9.60. The summed E-state index contributed by atoms with van der Waals surface area (Å²) in [6.07, 6.45) is 1.74. The first-order valence-electron chi connectivity index (χ1n) is 5.26. The van der Waals surface area contributed by atoms with Crippen LogP contribution in [0.4, 0.5) is 0 Å². The van der Waals surface area contributed by atoms with Gasteiger partial charge in [0, 0.05) is 12.3 Å². The number of hydrogen-bond acceptors (Lipinski definition) is 1. The zero-order valence-corrected chi connectivity index (χ0v) is 11.7. The standard InChI is InChI=1S/C12H21ClOSi/c1-11(10-13)9-12(14)7-5-6-8-15(2,3)4/h12,14H,1,5,7,9-10H2,2-4H3/t12-/m1/s1. The lowest BCUT2D eigenvalue weighted by atomic mass is 10.1. The van der Waals surface area contributed by atoms with Gasteiger partial charge >= 0.3 is 0 Å². The fraction of sp³-hybridized carbons (Fsp3) is 0.667. The Morgan fingerprint density at radius 1 is 1.47 bits per heavy atom. The van der Waals surface area contributed by atoms with Crippen LogP contribution in [-0.4, -0.2) is 25.2 Å². The summed E-state index contributed by atoms with van der Waals surface area (Å²) >= 11 is 5.58. The molecule has 0 saturated carbocycles. The van der Waals surface area contributed by atoms with E-state index in [1.54, 1.807) is 0 Å². The molecule has 0 spiro atoms. The molecule has 0 bridgehead atoms. The van der Waals surface area contributed by atoms with E-state index in [1.807, 2.05) is 0 Å².